The Balaban J connectivity index is 2.81. The summed E-state index contributed by atoms with van der Waals surface area (Å²) in [4.78, 5) is 11.6. The summed E-state index contributed by atoms with van der Waals surface area (Å²) in [6, 6.07) is 5.29. The average molecular weight is 194 g/mol. The molecule has 0 bridgehead atoms. The second-order valence-corrected chi connectivity index (χ2v) is 3.54. The summed E-state index contributed by atoms with van der Waals surface area (Å²) >= 11 is 1.11. The molecule has 0 unspecified atom stereocenters. The zero-order valence-electron chi connectivity index (χ0n) is 6.56. The van der Waals surface area contributed by atoms with Crippen LogP contribution >= 0.6 is 11.3 Å². The Hall–Kier alpha value is -1.62. The summed E-state index contributed by atoms with van der Waals surface area (Å²) in [6.07, 6.45) is 1.61. The number of thiazole rings is 1. The number of carbonyl (C=O) groups excluding carboxylic acids is 1. The molecule has 0 fully saturated rings. The highest BCUT2D eigenvalue weighted by molar-refractivity contribution is 7.18. The molecule has 0 atom stereocenters. The Morgan fingerprint density at radius 2 is 2.31 bits per heavy atom. The van der Waals surface area contributed by atoms with Crippen molar-refractivity contribution in [2.75, 3.05) is 0 Å². The molecule has 0 spiro atoms. The number of hydrogen-bond acceptors (Lipinski definition) is 3. The van der Waals surface area contributed by atoms with Gasteiger partial charge >= 0.3 is 0 Å². The quantitative estimate of drug-likeness (QED) is 0.631. The molecule has 0 saturated heterocycles. The third-order valence-corrected chi connectivity index (χ3v) is 2.79. The fourth-order valence-electron chi connectivity index (χ4n) is 1.09. The first-order chi connectivity index (χ1) is 6.20. The van der Waals surface area contributed by atoms with Gasteiger partial charge in [0.05, 0.1) is 0 Å². The maximum Gasteiger partial charge on any atom is 0.267 e. The van der Waals surface area contributed by atoms with Crippen LogP contribution in [0.1, 0.15) is 9.67 Å². The van der Waals surface area contributed by atoms with Crippen molar-refractivity contribution in [2.24, 2.45) is 5.73 Å². The van der Waals surface area contributed by atoms with E-state index < -0.39 is 5.91 Å². The van der Waals surface area contributed by atoms with E-state index in [4.69, 9.17) is 5.73 Å². The summed E-state index contributed by atoms with van der Waals surface area (Å²) in [5.41, 5.74) is 5.04. The topological polar surface area (TPSA) is 70.2 Å². The van der Waals surface area contributed by atoms with Crippen molar-refractivity contribution in [1.82, 2.24) is 0 Å². The largest absolute Gasteiger partial charge is 0.822 e. The van der Waals surface area contributed by atoms with Gasteiger partial charge in [0.15, 0.2) is 17.0 Å². The van der Waals surface area contributed by atoms with E-state index in [-0.39, 0.29) is 10.8 Å². The molecule has 0 aromatic carbocycles. The summed E-state index contributed by atoms with van der Waals surface area (Å²) < 4.78 is 1.41. The molecule has 0 aliphatic rings. The zero-order chi connectivity index (χ0) is 9.42. The van der Waals surface area contributed by atoms with Crippen LogP contribution in [0.2, 0.25) is 0 Å². The van der Waals surface area contributed by atoms with Gasteiger partial charge in [-0.2, -0.15) is 4.40 Å². The van der Waals surface area contributed by atoms with Gasteiger partial charge in [0.2, 0.25) is 0 Å². The van der Waals surface area contributed by atoms with E-state index in [0.29, 0.717) is 0 Å². The van der Waals surface area contributed by atoms with Crippen LogP contribution in [-0.4, -0.2) is 5.91 Å². The van der Waals surface area contributed by atoms with Gasteiger partial charge in [-0.1, -0.05) is 11.3 Å². The van der Waals surface area contributed by atoms with Crippen molar-refractivity contribution in [3.8, 4) is 5.88 Å². The van der Waals surface area contributed by atoms with Gasteiger partial charge in [0.1, 0.15) is 0 Å². The van der Waals surface area contributed by atoms with E-state index in [9.17, 15) is 9.90 Å². The van der Waals surface area contributed by atoms with Crippen LogP contribution in [0.5, 0.6) is 5.88 Å². The lowest BCUT2D eigenvalue weighted by molar-refractivity contribution is -0.581. The molecule has 0 radical (unpaired) electrons. The number of fused-ring (bicyclic) bond motifs is 1. The fourth-order valence-corrected chi connectivity index (χ4v) is 1.98. The number of rotatable bonds is 1. The van der Waals surface area contributed by atoms with Gasteiger partial charge in [0, 0.05) is 12.1 Å². The second-order valence-electron chi connectivity index (χ2n) is 2.51. The van der Waals surface area contributed by atoms with E-state index >= 15 is 0 Å². The average Bonchev–Trinajstić information content (AvgIpc) is 2.45. The number of amides is 1. The maximum atomic E-state index is 11.4. The minimum Gasteiger partial charge on any atom is -0.822 e. The zero-order valence-corrected chi connectivity index (χ0v) is 7.38. The summed E-state index contributed by atoms with van der Waals surface area (Å²) in [5.74, 6) is -1.01. The first kappa shape index (κ1) is 8.00. The molecule has 0 aliphatic carbocycles. The van der Waals surface area contributed by atoms with Crippen molar-refractivity contribution in [1.29, 1.82) is 0 Å². The molecule has 66 valence electrons. The maximum absolute atomic E-state index is 11.4. The second kappa shape index (κ2) is 2.70. The van der Waals surface area contributed by atoms with Crippen LogP contribution in [0.4, 0.5) is 0 Å². The molecule has 13 heavy (non-hydrogen) atoms. The van der Waals surface area contributed by atoms with Crippen molar-refractivity contribution in [2.45, 2.75) is 0 Å². The standard InChI is InChI=1S/C8H6N2O2S/c9-7(11)6-8(12)10-4-2-1-3-5(10)13-6/h1-4H,(H2-,9,11,12). The molecule has 2 rings (SSSR count). The molecule has 2 N–H and O–H groups in total. The Morgan fingerprint density at radius 3 is 2.92 bits per heavy atom. The van der Waals surface area contributed by atoms with Crippen LogP contribution in [-0.2, 0) is 0 Å². The number of hydrogen-bond donors (Lipinski definition) is 1. The SMILES string of the molecule is NC(=O)c1sc2cccc[n+]2c1[O-]. The highest BCUT2D eigenvalue weighted by Crippen LogP contribution is 2.19. The van der Waals surface area contributed by atoms with E-state index in [2.05, 4.69) is 0 Å². The van der Waals surface area contributed by atoms with Crippen LogP contribution in [0.3, 0.4) is 0 Å². The number of nitrogens with zero attached hydrogens (tertiary/aromatic N) is 1. The highest BCUT2D eigenvalue weighted by Gasteiger charge is 2.16. The van der Waals surface area contributed by atoms with Gasteiger partial charge in [-0.05, 0) is 6.07 Å². The Bertz CT molecular complexity index is 478. The molecule has 2 aromatic heterocycles. The molecular weight excluding hydrogens is 188 g/mol. The molecular formula is C8H6N2O2S. The third kappa shape index (κ3) is 1.13. The molecule has 4 nitrogen and oxygen atoms in total. The molecule has 1 amide bonds. The van der Waals surface area contributed by atoms with Gasteiger partial charge in [0.25, 0.3) is 10.7 Å². The fraction of sp³-hybridized carbons (Fsp3) is 0. The number of primary amides is 1. The lowest BCUT2D eigenvalue weighted by Crippen LogP contribution is -2.25. The number of aromatic nitrogens is 1. The first-order valence-electron chi connectivity index (χ1n) is 3.60. The monoisotopic (exact) mass is 194 g/mol. The molecule has 0 saturated carbocycles. The molecule has 2 heterocycles. The van der Waals surface area contributed by atoms with Crippen molar-refractivity contribution in [3.05, 3.63) is 29.3 Å². The normalized spacial score (nSPS) is 10.5. The Labute approximate surface area is 77.9 Å². The van der Waals surface area contributed by atoms with Gasteiger partial charge in [-0.15, -0.1) is 0 Å². The smallest absolute Gasteiger partial charge is 0.267 e. The minimum atomic E-state index is -0.668. The van der Waals surface area contributed by atoms with Gasteiger partial charge < -0.3 is 10.8 Å². The third-order valence-electron chi connectivity index (χ3n) is 1.67. The molecule has 2 aromatic rings. The van der Waals surface area contributed by atoms with Crippen LogP contribution in [0.15, 0.2) is 24.4 Å². The summed E-state index contributed by atoms with van der Waals surface area (Å²) in [6.45, 7) is 0. The minimum absolute atomic E-state index is 0.0752. The van der Waals surface area contributed by atoms with Crippen LogP contribution in [0.25, 0.3) is 4.83 Å². The van der Waals surface area contributed by atoms with E-state index in [1.54, 1.807) is 24.4 Å². The van der Waals surface area contributed by atoms with Crippen LogP contribution < -0.4 is 15.2 Å². The van der Waals surface area contributed by atoms with Crippen molar-refractivity contribution in [3.63, 3.8) is 0 Å². The van der Waals surface area contributed by atoms with Crippen molar-refractivity contribution < 1.29 is 14.3 Å². The molecule has 5 heteroatoms. The summed E-state index contributed by atoms with van der Waals surface area (Å²) in [7, 11) is 0. The Morgan fingerprint density at radius 1 is 1.54 bits per heavy atom. The highest BCUT2D eigenvalue weighted by atomic mass is 32.1. The predicted molar refractivity (Wildman–Crippen MR) is 45.4 cm³/mol. The first-order valence-corrected chi connectivity index (χ1v) is 4.42. The lowest BCUT2D eigenvalue weighted by atomic mass is 10.4. The predicted octanol–water partition coefficient (Wildman–Crippen LogP) is -0.341. The summed E-state index contributed by atoms with van der Waals surface area (Å²) in [5, 5.41) is 11.4. The van der Waals surface area contributed by atoms with E-state index in [0.717, 1.165) is 16.2 Å². The van der Waals surface area contributed by atoms with Gasteiger partial charge in [-0.3, -0.25) is 4.79 Å². The van der Waals surface area contributed by atoms with E-state index in [1.807, 2.05) is 0 Å². The number of nitrogens with two attached hydrogens (primary N) is 1. The lowest BCUT2D eigenvalue weighted by Gasteiger charge is -1.94. The van der Waals surface area contributed by atoms with Crippen LogP contribution in [0, 0.1) is 0 Å². The number of carbonyl (C=O) groups is 1. The number of pyridine rings is 1. The molecule has 0 aliphatic heterocycles. The Kier molecular flexibility index (Phi) is 1.66. The van der Waals surface area contributed by atoms with Crippen molar-refractivity contribution >= 4 is 22.1 Å². The van der Waals surface area contributed by atoms with E-state index in [1.165, 1.54) is 4.40 Å². The van der Waals surface area contributed by atoms with Gasteiger partial charge in [-0.25, -0.2) is 0 Å².